The van der Waals surface area contributed by atoms with Gasteiger partial charge in [-0.3, -0.25) is 23.5 Å². The van der Waals surface area contributed by atoms with Crippen LogP contribution in [0.15, 0.2) is 0 Å². The minimum Gasteiger partial charge on any atom is -0.450 e. The van der Waals surface area contributed by atoms with Gasteiger partial charge in [-0.25, -0.2) is 0 Å². The first-order chi connectivity index (χ1) is 23.3. The van der Waals surface area contributed by atoms with Crippen LogP contribution >= 0.6 is 23.7 Å². The lowest BCUT2D eigenvalue weighted by Crippen LogP contribution is -2.53. The van der Waals surface area contributed by atoms with Crippen LogP contribution < -0.4 is 21.8 Å². The Balaban J connectivity index is -0.00000112. The van der Waals surface area contributed by atoms with E-state index in [1.807, 2.05) is 13.8 Å². The quantitative estimate of drug-likeness (QED) is 0.0254. The highest BCUT2D eigenvalue weighted by atomic mass is 35.5. The fraction of sp³-hybridized carbons (Fsp3) is 0.882. The largest absolute Gasteiger partial charge is 0.450 e. The van der Waals surface area contributed by atoms with Crippen molar-refractivity contribution in [2.24, 2.45) is 5.73 Å². The van der Waals surface area contributed by atoms with Crippen molar-refractivity contribution in [1.29, 1.82) is 0 Å². The fourth-order valence-electron chi connectivity index (χ4n) is 4.50. The summed E-state index contributed by atoms with van der Waals surface area (Å²) in [5.74, 6) is -1.96. The molecule has 0 saturated carbocycles. The molecule has 0 saturated heterocycles. The van der Waals surface area contributed by atoms with Gasteiger partial charge in [-0.05, 0) is 38.6 Å². The molecule has 12 nitrogen and oxygen atoms in total. The smallest absolute Gasteiger partial charge is 0.306 e. The van der Waals surface area contributed by atoms with Gasteiger partial charge in [-0.2, -0.15) is 9.87 Å². The number of rotatable bonds is 31. The second kappa shape index (κ2) is 43.3. The Morgan fingerprint density at radius 3 is 1.52 bits per heavy atom. The Bertz CT molecular complexity index is 717. The minimum absolute atomic E-state index is 0.0757. The van der Waals surface area contributed by atoms with E-state index < -0.39 is 30.0 Å². The topological polar surface area (TPSA) is 167 Å². The van der Waals surface area contributed by atoms with Crippen molar-refractivity contribution in [2.45, 2.75) is 161 Å². The first-order valence-corrected chi connectivity index (χ1v) is 18.7. The van der Waals surface area contributed by atoms with Crippen molar-refractivity contribution in [1.82, 2.24) is 16.1 Å². The van der Waals surface area contributed by atoms with Crippen LogP contribution in [0.4, 0.5) is 0 Å². The molecule has 0 bridgehead atoms. The number of esters is 1. The van der Waals surface area contributed by atoms with Crippen molar-refractivity contribution in [3.8, 4) is 0 Å². The van der Waals surface area contributed by atoms with Gasteiger partial charge in [-0.15, -0.1) is 0 Å². The van der Waals surface area contributed by atoms with Crippen LogP contribution in [0, 0.1) is 0 Å². The zero-order valence-electron chi connectivity index (χ0n) is 30.3. The maximum Gasteiger partial charge on any atom is 0.306 e. The van der Waals surface area contributed by atoms with Gasteiger partial charge in [0.05, 0.1) is 30.8 Å². The maximum atomic E-state index is 12.5. The van der Waals surface area contributed by atoms with Gasteiger partial charge in [0.2, 0.25) is 12.2 Å². The van der Waals surface area contributed by atoms with Crippen molar-refractivity contribution in [3.63, 3.8) is 0 Å². The summed E-state index contributed by atoms with van der Waals surface area (Å²) in [6.45, 7) is 8.34. The molecule has 0 fully saturated rings. The van der Waals surface area contributed by atoms with E-state index in [4.69, 9.17) is 27.1 Å². The summed E-state index contributed by atoms with van der Waals surface area (Å²) in [6.07, 6.45) is 18.7. The summed E-state index contributed by atoms with van der Waals surface area (Å²) in [6, 6.07) is 0. The second-order valence-corrected chi connectivity index (χ2v) is 11.9. The van der Waals surface area contributed by atoms with Crippen LogP contribution in [-0.2, 0) is 37.3 Å². The molecule has 0 radical (unpaired) electrons. The third-order valence-electron chi connectivity index (χ3n) is 7.12. The predicted molar refractivity (Wildman–Crippen MR) is 193 cm³/mol. The van der Waals surface area contributed by atoms with E-state index in [-0.39, 0.29) is 12.9 Å². The van der Waals surface area contributed by atoms with Gasteiger partial charge in [0.1, 0.15) is 0 Å². The number of hydroxylamine groups is 1. The summed E-state index contributed by atoms with van der Waals surface area (Å²) in [5.41, 5.74) is 8.00. The van der Waals surface area contributed by atoms with Crippen LogP contribution in [0.1, 0.15) is 149 Å². The van der Waals surface area contributed by atoms with E-state index in [0.717, 1.165) is 58.0 Å². The van der Waals surface area contributed by atoms with Gasteiger partial charge >= 0.3 is 5.97 Å². The molecule has 0 aromatic carbocycles. The van der Waals surface area contributed by atoms with Crippen LogP contribution in [0.3, 0.4) is 0 Å². The van der Waals surface area contributed by atoms with Crippen molar-refractivity contribution < 1.29 is 37.3 Å². The lowest BCUT2D eigenvalue weighted by Gasteiger charge is -2.24. The highest BCUT2D eigenvalue weighted by Gasteiger charge is 2.38. The van der Waals surface area contributed by atoms with E-state index in [1.54, 1.807) is 0 Å². The Morgan fingerprint density at radius 1 is 0.646 bits per heavy atom. The lowest BCUT2D eigenvalue weighted by atomic mass is 10.1. The molecule has 0 heterocycles. The number of halogens is 2. The van der Waals surface area contributed by atoms with Gasteiger partial charge in [0.15, 0.2) is 0 Å². The van der Waals surface area contributed by atoms with Crippen molar-refractivity contribution in [2.75, 3.05) is 33.3 Å². The minimum atomic E-state index is -1.54. The number of carbonyl (C=O) groups excluding carboxylic acids is 4. The molecule has 2 atom stereocenters. The number of hydrogen-bond donors (Lipinski definition) is 4. The van der Waals surface area contributed by atoms with Gasteiger partial charge in [0.25, 0.3) is 18.3 Å². The SMILES string of the molecule is CCCCCCCCCCCN.CCCNC(=O)C(OC=O)C(OC(=O)CCCCCCCCCCNOCl)C(=O)NCCC.COCl. The average molecular weight is 732 g/mol. The maximum absolute atomic E-state index is 12.5. The summed E-state index contributed by atoms with van der Waals surface area (Å²) in [5, 5.41) is 5.15. The molecular weight excluding hydrogens is 663 g/mol. The van der Waals surface area contributed by atoms with Gasteiger partial charge < -0.3 is 25.8 Å². The van der Waals surface area contributed by atoms with Crippen molar-refractivity contribution in [3.05, 3.63) is 0 Å². The van der Waals surface area contributed by atoms with Crippen LogP contribution in [0.5, 0.6) is 0 Å². The summed E-state index contributed by atoms with van der Waals surface area (Å²) in [7, 11) is 1.39. The number of nitrogens with one attached hydrogen (secondary N) is 3. The molecule has 0 rings (SSSR count). The van der Waals surface area contributed by atoms with Gasteiger partial charge in [-0.1, -0.05) is 111 Å². The van der Waals surface area contributed by atoms with Crippen molar-refractivity contribution >= 4 is 48.0 Å². The van der Waals surface area contributed by atoms with E-state index in [1.165, 1.54) is 64.9 Å². The molecule has 5 N–H and O–H groups in total. The van der Waals surface area contributed by atoms with Crippen LogP contribution in [0.25, 0.3) is 0 Å². The molecule has 0 aromatic heterocycles. The molecule has 0 aliphatic rings. The molecule has 48 heavy (non-hydrogen) atoms. The standard InChI is InChI=1S/C22H40ClN3O7.C11H25N.CH3ClO/c1-3-14-24-21(29)19(31-17-27)20(22(30)25-15-4-2)32-18(28)13-11-9-7-5-6-8-10-12-16-26-33-23;1-2-3-4-5-6-7-8-9-10-11-12;1-3-2/h17,19-20,26H,3-16H2,1-2H3,(H,24,29)(H,25,30);2-12H2,1H3;1H3. The Hall–Kier alpha value is -1.70. The van der Waals surface area contributed by atoms with E-state index in [0.29, 0.717) is 32.4 Å². The molecule has 0 aliphatic heterocycles. The molecule has 286 valence electrons. The molecule has 0 aliphatic carbocycles. The molecule has 2 amide bonds. The Labute approximate surface area is 301 Å². The fourth-order valence-corrected chi connectivity index (χ4v) is 4.58. The number of unbranched alkanes of at least 4 members (excludes halogenated alkanes) is 15. The monoisotopic (exact) mass is 730 g/mol. The highest BCUT2D eigenvalue weighted by molar-refractivity contribution is 6.07. The van der Waals surface area contributed by atoms with E-state index in [2.05, 4.69) is 43.6 Å². The van der Waals surface area contributed by atoms with Gasteiger partial charge in [0, 0.05) is 26.1 Å². The number of carbonyl (C=O) groups is 4. The summed E-state index contributed by atoms with van der Waals surface area (Å²) >= 11 is 9.56. The summed E-state index contributed by atoms with van der Waals surface area (Å²) < 4.78 is 18.1. The zero-order chi connectivity index (χ0) is 36.5. The number of amides is 2. The predicted octanol–water partition coefficient (Wildman–Crippen LogP) is 6.94. The average Bonchev–Trinajstić information content (AvgIpc) is 3.08. The van der Waals surface area contributed by atoms with Crippen LogP contribution in [0.2, 0.25) is 0 Å². The van der Waals surface area contributed by atoms with E-state index in [9.17, 15) is 19.2 Å². The normalized spacial score (nSPS) is 11.6. The first kappa shape index (κ1) is 50.7. The molecule has 0 spiro atoms. The number of hydrogen-bond acceptors (Lipinski definition) is 10. The zero-order valence-corrected chi connectivity index (χ0v) is 31.8. The second-order valence-electron chi connectivity index (χ2n) is 11.5. The Morgan fingerprint density at radius 2 is 1.08 bits per heavy atom. The summed E-state index contributed by atoms with van der Waals surface area (Å²) in [4.78, 5) is 48.1. The van der Waals surface area contributed by atoms with Crippen LogP contribution in [-0.4, -0.2) is 69.8 Å². The number of ether oxygens (including phenoxy) is 2. The molecular formula is C34H68Cl2N4O8. The Kier molecular flexibility index (Phi) is 45.7. The van der Waals surface area contributed by atoms with E-state index >= 15 is 0 Å². The number of nitrogens with two attached hydrogens (primary N) is 1. The third kappa shape index (κ3) is 37.1. The highest BCUT2D eigenvalue weighted by Crippen LogP contribution is 2.13. The lowest BCUT2D eigenvalue weighted by molar-refractivity contribution is -0.171. The molecule has 0 aromatic rings. The molecule has 14 heteroatoms. The third-order valence-corrected chi connectivity index (χ3v) is 7.23. The molecule has 2 unspecified atom stereocenters. The first-order valence-electron chi connectivity index (χ1n) is 18.0.